The van der Waals surface area contributed by atoms with Crippen LogP contribution in [0.1, 0.15) is 48.8 Å². The van der Waals surface area contributed by atoms with Crippen molar-refractivity contribution >= 4 is 46.6 Å². The number of aromatic nitrogens is 2. The molecule has 6 amide bonds. The molecule has 4 aromatic rings. The highest BCUT2D eigenvalue weighted by Gasteiger charge is 2.38. The first-order chi connectivity index (χ1) is 26.7. The fourth-order valence-electron chi connectivity index (χ4n) is 6.04. The molecule has 2 aromatic heterocycles. The molecule has 0 saturated heterocycles. The number of carbonyl (C=O) groups is 4. The first-order valence-corrected chi connectivity index (χ1v) is 20.3. The number of rotatable bonds is 19. The molecule has 0 spiro atoms. The molecule has 302 valence electrons. The lowest BCUT2D eigenvalue weighted by Gasteiger charge is -2.35. The molecule has 6 N–H and O–H groups in total. The minimum Gasteiger partial charge on any atom is -0.388 e. The zero-order valence-electron chi connectivity index (χ0n) is 32.7. The second-order valence-corrected chi connectivity index (χ2v) is 16.5. The van der Waals surface area contributed by atoms with Gasteiger partial charge in [0, 0.05) is 37.2 Å². The van der Waals surface area contributed by atoms with Gasteiger partial charge in [0.25, 0.3) is 0 Å². The predicted octanol–water partition coefficient (Wildman–Crippen LogP) is 3.81. The highest BCUT2D eigenvalue weighted by molar-refractivity contribution is 7.09. The van der Waals surface area contributed by atoms with Crippen molar-refractivity contribution in [3.8, 4) is 0 Å². The third-order valence-electron chi connectivity index (χ3n) is 9.29. The summed E-state index contributed by atoms with van der Waals surface area (Å²) in [6.07, 6.45) is 0.418. The van der Waals surface area contributed by atoms with Crippen LogP contribution in [0.2, 0.25) is 0 Å². The Morgan fingerprint density at radius 2 is 0.964 bits per heavy atom. The molecule has 2 heterocycles. The van der Waals surface area contributed by atoms with E-state index in [0.717, 1.165) is 21.1 Å². The first kappa shape index (κ1) is 43.8. The molecule has 56 heavy (non-hydrogen) atoms. The van der Waals surface area contributed by atoms with Crippen LogP contribution >= 0.6 is 22.7 Å². The van der Waals surface area contributed by atoms with Gasteiger partial charge in [0.15, 0.2) is 0 Å². The molecule has 2 aromatic carbocycles. The smallest absolute Gasteiger partial charge is 0.318 e. The van der Waals surface area contributed by atoms with Gasteiger partial charge < -0.3 is 41.3 Å². The summed E-state index contributed by atoms with van der Waals surface area (Å²) in [4.78, 5) is 65.7. The molecule has 0 bridgehead atoms. The summed E-state index contributed by atoms with van der Waals surface area (Å²) in [5, 5.41) is 40.5. The van der Waals surface area contributed by atoms with Gasteiger partial charge in [-0.05, 0) is 35.8 Å². The van der Waals surface area contributed by atoms with Gasteiger partial charge in [-0.2, -0.15) is 0 Å². The number of aliphatic hydroxyl groups is 2. The summed E-state index contributed by atoms with van der Waals surface area (Å²) in [5.74, 6) is -1.76. The number of hydrogen-bond donors (Lipinski definition) is 6. The van der Waals surface area contributed by atoms with Crippen molar-refractivity contribution in [1.29, 1.82) is 0 Å². The van der Waals surface area contributed by atoms with E-state index in [1.54, 1.807) is 54.2 Å². The molecular weight excluding hydrogens is 753 g/mol. The summed E-state index contributed by atoms with van der Waals surface area (Å²) in [7, 11) is 3.23. The zero-order valence-corrected chi connectivity index (χ0v) is 34.3. The van der Waals surface area contributed by atoms with Gasteiger partial charge in [-0.25, -0.2) is 19.6 Å². The normalized spacial score (nSPS) is 14.5. The molecule has 16 heteroatoms. The highest BCUT2D eigenvalue weighted by atomic mass is 32.1. The average Bonchev–Trinajstić information content (AvgIpc) is 3.90. The Balaban J connectivity index is 1.56. The van der Waals surface area contributed by atoms with E-state index >= 15 is 0 Å². The lowest BCUT2D eigenvalue weighted by molar-refractivity contribution is -0.129. The van der Waals surface area contributed by atoms with Crippen molar-refractivity contribution in [3.63, 3.8) is 0 Å². The van der Waals surface area contributed by atoms with Crippen molar-refractivity contribution in [1.82, 2.24) is 41.0 Å². The third-order valence-corrected chi connectivity index (χ3v) is 10.8. The Morgan fingerprint density at radius 3 is 1.27 bits per heavy atom. The first-order valence-electron chi connectivity index (χ1n) is 18.6. The van der Waals surface area contributed by atoms with Crippen LogP contribution in [-0.4, -0.2) is 104 Å². The standard InChI is InChI=1S/C40H54N8O6S2/c1-25(2)33(45-39(53)47(5)23-31-41-17-19-55-31)37(51)43-29(21-27-13-9-7-10-14-27)35(49)36(50)30(22-28-15-11-8-12-16-28)44-38(52)34(26(3)4)46-40(54)48(6)24-32-42-18-20-56-32/h7-20,25-26,29-30,33-36,49-50H,21-24H2,1-6H3,(H,43,51)(H,44,52)(H,45,53)(H,46,54)/t29-,30-,33?,34?,35-,36-/m0/s1. The summed E-state index contributed by atoms with van der Waals surface area (Å²) in [6.45, 7) is 7.72. The fraction of sp³-hybridized carbons (Fsp3) is 0.450. The van der Waals surface area contributed by atoms with Crippen LogP contribution in [0.15, 0.2) is 83.8 Å². The van der Waals surface area contributed by atoms with Crippen LogP contribution < -0.4 is 21.3 Å². The minimum atomic E-state index is -1.58. The number of nitrogens with one attached hydrogen (secondary N) is 4. The molecule has 0 aliphatic heterocycles. The van der Waals surface area contributed by atoms with Crippen molar-refractivity contribution in [2.45, 2.75) is 90.0 Å². The number of benzene rings is 2. The Morgan fingerprint density at radius 1 is 0.607 bits per heavy atom. The van der Waals surface area contributed by atoms with E-state index in [2.05, 4.69) is 31.2 Å². The number of aliphatic hydroxyl groups excluding tert-OH is 2. The summed E-state index contributed by atoms with van der Waals surface area (Å²) < 4.78 is 0. The van der Waals surface area contributed by atoms with E-state index in [4.69, 9.17) is 0 Å². The van der Waals surface area contributed by atoms with Crippen molar-refractivity contribution in [2.24, 2.45) is 11.8 Å². The number of urea groups is 2. The molecule has 0 saturated carbocycles. The molecule has 2 unspecified atom stereocenters. The van der Waals surface area contributed by atoms with Crippen molar-refractivity contribution in [3.05, 3.63) is 105 Å². The Kier molecular flexibility index (Phi) is 16.8. The lowest BCUT2D eigenvalue weighted by atomic mass is 9.90. The summed E-state index contributed by atoms with van der Waals surface area (Å²) >= 11 is 2.83. The Labute approximate surface area is 336 Å². The molecule has 6 atom stereocenters. The molecule has 0 aliphatic carbocycles. The number of thiazole rings is 2. The number of carbonyl (C=O) groups excluding carboxylic acids is 4. The van der Waals surface area contributed by atoms with Gasteiger partial charge in [-0.15, -0.1) is 22.7 Å². The second-order valence-electron chi connectivity index (χ2n) is 14.5. The van der Waals surface area contributed by atoms with Crippen molar-refractivity contribution in [2.75, 3.05) is 14.1 Å². The van der Waals surface area contributed by atoms with Gasteiger partial charge in [0.2, 0.25) is 11.8 Å². The topological polar surface area (TPSA) is 189 Å². The maximum absolute atomic E-state index is 14.0. The molecule has 4 rings (SSSR count). The highest BCUT2D eigenvalue weighted by Crippen LogP contribution is 2.17. The van der Waals surface area contributed by atoms with Crippen LogP contribution in [0.3, 0.4) is 0 Å². The quantitative estimate of drug-likeness (QED) is 0.0826. The van der Waals surface area contributed by atoms with Crippen LogP contribution in [0.5, 0.6) is 0 Å². The predicted molar refractivity (Wildman–Crippen MR) is 218 cm³/mol. The molecule has 0 fully saturated rings. The second kappa shape index (κ2) is 21.4. The average molecular weight is 807 g/mol. The van der Waals surface area contributed by atoms with E-state index in [1.165, 1.54) is 32.5 Å². The van der Waals surface area contributed by atoms with E-state index in [-0.39, 0.29) is 37.8 Å². The lowest BCUT2D eigenvalue weighted by Crippen LogP contribution is -2.62. The van der Waals surface area contributed by atoms with Crippen LogP contribution in [0.4, 0.5) is 9.59 Å². The molecule has 0 radical (unpaired) electrons. The number of hydrogen-bond acceptors (Lipinski definition) is 10. The van der Waals surface area contributed by atoms with Gasteiger partial charge in [-0.3, -0.25) is 9.59 Å². The maximum Gasteiger partial charge on any atom is 0.318 e. The van der Waals surface area contributed by atoms with E-state index in [1.807, 2.05) is 71.4 Å². The molecule has 0 aliphatic rings. The zero-order chi connectivity index (χ0) is 40.8. The van der Waals surface area contributed by atoms with Gasteiger partial charge >= 0.3 is 12.1 Å². The molecule has 14 nitrogen and oxygen atoms in total. The van der Waals surface area contributed by atoms with Crippen LogP contribution in [-0.2, 0) is 35.5 Å². The summed E-state index contributed by atoms with van der Waals surface area (Å²) in [6, 6.07) is 13.4. The summed E-state index contributed by atoms with van der Waals surface area (Å²) in [5.41, 5.74) is 1.57. The third kappa shape index (κ3) is 13.1. The van der Waals surface area contributed by atoms with E-state index in [9.17, 15) is 29.4 Å². The molecular formula is C40H54N8O6S2. The minimum absolute atomic E-state index is 0.135. The van der Waals surface area contributed by atoms with E-state index in [0.29, 0.717) is 0 Å². The Hall–Kier alpha value is -4.90. The van der Waals surface area contributed by atoms with Crippen LogP contribution in [0, 0.1) is 11.8 Å². The number of amides is 6. The van der Waals surface area contributed by atoms with Crippen LogP contribution in [0.25, 0.3) is 0 Å². The van der Waals surface area contributed by atoms with Gasteiger partial charge in [0.1, 0.15) is 34.3 Å². The monoisotopic (exact) mass is 806 g/mol. The van der Waals surface area contributed by atoms with Gasteiger partial charge in [-0.1, -0.05) is 88.4 Å². The Bertz CT molecular complexity index is 1670. The van der Waals surface area contributed by atoms with Gasteiger partial charge in [0.05, 0.1) is 25.2 Å². The maximum atomic E-state index is 14.0. The SMILES string of the molecule is CC(C)C(NC(=O)N(C)Cc1nccs1)C(=O)N[C@@H](Cc1ccccc1)[C@H](O)[C@@H](O)[C@H](Cc1ccccc1)NC(=O)C(NC(=O)N(C)Cc1nccs1)C(C)C. The van der Waals surface area contributed by atoms with E-state index < -0.39 is 60.3 Å². The van der Waals surface area contributed by atoms with Crippen molar-refractivity contribution < 1.29 is 29.4 Å². The number of nitrogens with zero attached hydrogens (tertiary/aromatic N) is 4. The fourth-order valence-corrected chi connectivity index (χ4v) is 7.38. The largest absolute Gasteiger partial charge is 0.388 e.